The highest BCUT2D eigenvalue weighted by molar-refractivity contribution is 7.80. The topological polar surface area (TPSA) is 75.3 Å². The van der Waals surface area contributed by atoms with Crippen LogP contribution in [0.3, 0.4) is 0 Å². The molecule has 0 radical (unpaired) electrons. The summed E-state index contributed by atoms with van der Waals surface area (Å²) in [6.07, 6.45) is 0. The van der Waals surface area contributed by atoms with Crippen molar-refractivity contribution in [1.29, 1.82) is 0 Å². The van der Waals surface area contributed by atoms with Crippen LogP contribution in [0.1, 0.15) is 27.0 Å². The summed E-state index contributed by atoms with van der Waals surface area (Å²) in [4.78, 5) is 12.6. The van der Waals surface area contributed by atoms with Gasteiger partial charge in [-0.25, -0.2) is 0 Å². The Morgan fingerprint density at radius 1 is 1.19 bits per heavy atom. The van der Waals surface area contributed by atoms with E-state index in [0.717, 1.165) is 5.56 Å². The molecular weight excluding hydrogens is 284 g/mol. The van der Waals surface area contributed by atoms with Crippen LogP contribution in [-0.4, -0.2) is 16.0 Å². The van der Waals surface area contributed by atoms with Crippen LogP contribution < -0.4 is 11.1 Å². The molecule has 0 unspecified atom stereocenters. The first-order chi connectivity index (χ1) is 9.90. The number of carbonyl (C=O) groups is 1. The van der Waals surface area contributed by atoms with Crippen molar-refractivity contribution in [3.8, 4) is 5.75 Å². The number of hydrogen-bond donors (Lipinski definition) is 3. The number of benzene rings is 2. The molecule has 0 heterocycles. The summed E-state index contributed by atoms with van der Waals surface area (Å²) in [5, 5.41) is 12.7. The molecule has 0 atom stereocenters. The molecule has 4 nitrogen and oxygen atoms in total. The number of hydrogen-bond acceptors (Lipinski definition) is 3. The summed E-state index contributed by atoms with van der Waals surface area (Å²) < 4.78 is 0. The maximum atomic E-state index is 12.3. The molecule has 2 aromatic rings. The van der Waals surface area contributed by atoms with E-state index in [2.05, 4.69) is 5.32 Å². The highest BCUT2D eigenvalue weighted by Crippen LogP contribution is 2.24. The van der Waals surface area contributed by atoms with E-state index in [9.17, 15) is 9.90 Å². The minimum absolute atomic E-state index is 0.0156. The number of phenols is 1. The SMILES string of the molecule is Cc1ccc(C(N)=S)cc1NC(=O)c1cccc(C)c1O. The van der Waals surface area contributed by atoms with E-state index in [1.54, 1.807) is 37.3 Å². The van der Waals surface area contributed by atoms with Gasteiger partial charge in [-0.15, -0.1) is 0 Å². The molecule has 0 saturated heterocycles. The summed E-state index contributed by atoms with van der Waals surface area (Å²) in [6.45, 7) is 3.61. The van der Waals surface area contributed by atoms with E-state index >= 15 is 0 Å². The van der Waals surface area contributed by atoms with Gasteiger partial charge in [0, 0.05) is 11.3 Å². The quantitative estimate of drug-likeness (QED) is 0.762. The Balaban J connectivity index is 2.33. The Labute approximate surface area is 128 Å². The maximum absolute atomic E-state index is 12.3. The first kappa shape index (κ1) is 15.0. The molecule has 21 heavy (non-hydrogen) atoms. The zero-order valence-corrected chi connectivity index (χ0v) is 12.6. The van der Waals surface area contributed by atoms with Crippen molar-refractivity contribution in [2.45, 2.75) is 13.8 Å². The van der Waals surface area contributed by atoms with Gasteiger partial charge in [0.2, 0.25) is 0 Å². The average Bonchev–Trinajstić information content (AvgIpc) is 2.43. The highest BCUT2D eigenvalue weighted by Gasteiger charge is 2.14. The lowest BCUT2D eigenvalue weighted by Gasteiger charge is -2.11. The van der Waals surface area contributed by atoms with Gasteiger partial charge in [0.25, 0.3) is 5.91 Å². The second kappa shape index (κ2) is 5.93. The Morgan fingerprint density at radius 2 is 1.90 bits per heavy atom. The Hall–Kier alpha value is -2.40. The molecule has 0 aliphatic carbocycles. The lowest BCUT2D eigenvalue weighted by atomic mass is 10.1. The molecule has 2 rings (SSSR count). The zero-order valence-electron chi connectivity index (χ0n) is 11.8. The first-order valence-corrected chi connectivity index (χ1v) is 6.81. The van der Waals surface area contributed by atoms with E-state index in [1.165, 1.54) is 0 Å². The van der Waals surface area contributed by atoms with Gasteiger partial charge in [0.05, 0.1) is 5.56 Å². The third kappa shape index (κ3) is 3.20. The van der Waals surface area contributed by atoms with Gasteiger partial charge in [0.15, 0.2) is 0 Å². The first-order valence-electron chi connectivity index (χ1n) is 6.40. The molecule has 5 heteroatoms. The Bertz CT molecular complexity index is 726. The predicted molar refractivity (Wildman–Crippen MR) is 87.9 cm³/mol. The van der Waals surface area contributed by atoms with Crippen LogP contribution in [0.4, 0.5) is 5.69 Å². The van der Waals surface area contributed by atoms with Crippen LogP contribution >= 0.6 is 12.2 Å². The number of aromatic hydroxyl groups is 1. The van der Waals surface area contributed by atoms with Gasteiger partial charge in [-0.2, -0.15) is 0 Å². The monoisotopic (exact) mass is 300 g/mol. The predicted octanol–water partition coefficient (Wildman–Crippen LogP) is 2.90. The lowest BCUT2D eigenvalue weighted by Crippen LogP contribution is -2.15. The van der Waals surface area contributed by atoms with Gasteiger partial charge >= 0.3 is 0 Å². The summed E-state index contributed by atoms with van der Waals surface area (Å²) in [5.74, 6) is -0.391. The number of thiocarbonyl (C=S) groups is 1. The van der Waals surface area contributed by atoms with E-state index in [1.807, 2.05) is 13.0 Å². The summed E-state index contributed by atoms with van der Waals surface area (Å²) in [6, 6.07) is 10.4. The fourth-order valence-corrected chi connectivity index (χ4v) is 2.07. The van der Waals surface area contributed by atoms with E-state index in [0.29, 0.717) is 16.8 Å². The Morgan fingerprint density at radius 3 is 2.57 bits per heavy atom. The molecule has 1 amide bonds. The second-order valence-electron chi connectivity index (χ2n) is 4.82. The van der Waals surface area contributed by atoms with Crippen LogP contribution in [0, 0.1) is 13.8 Å². The number of anilines is 1. The number of phenolic OH excluding ortho intramolecular Hbond substituents is 1. The van der Waals surface area contributed by atoms with Crippen LogP contribution in [0.5, 0.6) is 5.75 Å². The van der Waals surface area contributed by atoms with Crippen molar-refractivity contribution in [2.24, 2.45) is 5.73 Å². The van der Waals surface area contributed by atoms with Crippen LogP contribution in [-0.2, 0) is 0 Å². The smallest absolute Gasteiger partial charge is 0.259 e. The van der Waals surface area contributed by atoms with Crippen molar-refractivity contribution in [1.82, 2.24) is 0 Å². The average molecular weight is 300 g/mol. The normalized spacial score (nSPS) is 10.2. The number of para-hydroxylation sites is 1. The standard InChI is InChI=1S/C16H16N2O2S/c1-9-6-7-11(15(17)21)8-13(9)18-16(20)12-5-3-4-10(2)14(12)19/h3-8,19H,1-2H3,(H2,17,21)(H,18,20). The number of nitrogens with two attached hydrogens (primary N) is 1. The molecule has 108 valence electrons. The fourth-order valence-electron chi connectivity index (χ4n) is 1.94. The molecular formula is C16H16N2O2S. The van der Waals surface area contributed by atoms with Gasteiger partial charge < -0.3 is 16.2 Å². The van der Waals surface area contributed by atoms with Crippen LogP contribution in [0.15, 0.2) is 36.4 Å². The molecule has 0 aromatic heterocycles. The van der Waals surface area contributed by atoms with Crippen molar-refractivity contribution in [3.05, 3.63) is 58.7 Å². The summed E-state index contributed by atoms with van der Waals surface area (Å²) in [7, 11) is 0. The lowest BCUT2D eigenvalue weighted by molar-refractivity contribution is 0.102. The van der Waals surface area contributed by atoms with Gasteiger partial charge in [-0.05, 0) is 37.1 Å². The minimum atomic E-state index is -0.376. The van der Waals surface area contributed by atoms with Gasteiger partial charge in [-0.1, -0.05) is 36.5 Å². The van der Waals surface area contributed by atoms with E-state index in [-0.39, 0.29) is 22.2 Å². The molecule has 0 aliphatic rings. The second-order valence-corrected chi connectivity index (χ2v) is 5.26. The van der Waals surface area contributed by atoms with Gasteiger partial charge in [-0.3, -0.25) is 4.79 Å². The number of rotatable bonds is 3. The molecule has 0 saturated carbocycles. The van der Waals surface area contributed by atoms with Crippen molar-refractivity contribution in [3.63, 3.8) is 0 Å². The van der Waals surface area contributed by atoms with E-state index in [4.69, 9.17) is 18.0 Å². The van der Waals surface area contributed by atoms with Crippen LogP contribution in [0.25, 0.3) is 0 Å². The summed E-state index contributed by atoms with van der Waals surface area (Å²) >= 11 is 4.93. The van der Waals surface area contributed by atoms with E-state index < -0.39 is 0 Å². The molecule has 2 aromatic carbocycles. The molecule has 4 N–H and O–H groups in total. The summed E-state index contributed by atoms with van der Waals surface area (Å²) in [5.41, 5.74) is 8.66. The Kier molecular flexibility index (Phi) is 4.23. The maximum Gasteiger partial charge on any atom is 0.259 e. The zero-order chi connectivity index (χ0) is 15.6. The number of carbonyl (C=O) groups excluding carboxylic acids is 1. The van der Waals surface area contributed by atoms with Gasteiger partial charge in [0.1, 0.15) is 10.7 Å². The highest BCUT2D eigenvalue weighted by atomic mass is 32.1. The molecule has 0 spiro atoms. The third-order valence-electron chi connectivity index (χ3n) is 3.25. The van der Waals surface area contributed by atoms with Crippen LogP contribution in [0.2, 0.25) is 0 Å². The molecule has 0 bridgehead atoms. The number of amides is 1. The third-order valence-corrected chi connectivity index (χ3v) is 3.49. The fraction of sp³-hybridized carbons (Fsp3) is 0.125. The van der Waals surface area contributed by atoms with Crippen molar-refractivity contribution in [2.75, 3.05) is 5.32 Å². The molecule has 0 aliphatic heterocycles. The van der Waals surface area contributed by atoms with Crippen molar-refractivity contribution < 1.29 is 9.90 Å². The number of nitrogens with one attached hydrogen (secondary N) is 1. The largest absolute Gasteiger partial charge is 0.507 e. The molecule has 0 fully saturated rings. The minimum Gasteiger partial charge on any atom is -0.507 e. The number of aryl methyl sites for hydroxylation is 2. The van der Waals surface area contributed by atoms with Crippen molar-refractivity contribution >= 4 is 28.8 Å².